The van der Waals surface area contributed by atoms with Crippen molar-refractivity contribution in [2.75, 3.05) is 11.9 Å². The van der Waals surface area contributed by atoms with Crippen LogP contribution >= 0.6 is 0 Å². The zero-order valence-electron chi connectivity index (χ0n) is 11.9. The molecule has 1 aromatic heterocycles. The van der Waals surface area contributed by atoms with Crippen LogP contribution in [0.1, 0.15) is 16.1 Å². The summed E-state index contributed by atoms with van der Waals surface area (Å²) in [6, 6.07) is 9.83. The first kappa shape index (κ1) is 15.2. The summed E-state index contributed by atoms with van der Waals surface area (Å²) in [6.07, 6.45) is -0.938. The molecule has 1 aromatic carbocycles. The van der Waals surface area contributed by atoms with Crippen molar-refractivity contribution in [3.05, 3.63) is 60.1 Å². The first-order valence-electron chi connectivity index (χ1n) is 6.89. The summed E-state index contributed by atoms with van der Waals surface area (Å²) in [6.45, 7) is -1.33. The molecule has 1 aliphatic heterocycles. The lowest BCUT2D eigenvalue weighted by Crippen LogP contribution is -2.51. The molecule has 23 heavy (non-hydrogen) atoms. The second-order valence-electron chi connectivity index (χ2n) is 5.06. The van der Waals surface area contributed by atoms with Crippen molar-refractivity contribution in [2.24, 2.45) is 0 Å². The van der Waals surface area contributed by atoms with Gasteiger partial charge in [0.15, 0.2) is 0 Å². The highest BCUT2D eigenvalue weighted by Crippen LogP contribution is 2.28. The van der Waals surface area contributed by atoms with Gasteiger partial charge in [-0.05, 0) is 36.4 Å². The highest BCUT2D eigenvalue weighted by molar-refractivity contribution is 6.01. The molecule has 3 rings (SSSR count). The minimum atomic E-state index is -4.49. The Bertz CT molecular complexity index is 723. The topological polar surface area (TPSA) is 45.5 Å². The molecule has 1 atom stereocenters. The summed E-state index contributed by atoms with van der Waals surface area (Å²) in [7, 11) is 0. The van der Waals surface area contributed by atoms with E-state index in [9.17, 15) is 18.0 Å². The molecule has 0 bridgehead atoms. The second kappa shape index (κ2) is 5.83. The second-order valence-corrected chi connectivity index (χ2v) is 5.06. The van der Waals surface area contributed by atoms with Crippen molar-refractivity contribution in [3.63, 3.8) is 0 Å². The van der Waals surface area contributed by atoms with Crippen LogP contribution < -0.4 is 5.32 Å². The van der Waals surface area contributed by atoms with Gasteiger partial charge >= 0.3 is 6.18 Å². The van der Waals surface area contributed by atoms with Crippen LogP contribution in [-0.4, -0.2) is 29.7 Å². The average molecular weight is 322 g/mol. The molecule has 0 aliphatic carbocycles. The average Bonchev–Trinajstić information content (AvgIpc) is 3.01. The number of nitrogens with zero attached hydrogens (tertiary/aromatic N) is 1. The van der Waals surface area contributed by atoms with Gasteiger partial charge in [-0.2, -0.15) is 13.2 Å². The number of carbonyl (C=O) groups excluding carboxylic acids is 1. The Morgan fingerprint density at radius 3 is 2.70 bits per heavy atom. The minimum Gasteiger partial charge on any atom is -0.465 e. The van der Waals surface area contributed by atoms with Crippen LogP contribution in [0.3, 0.4) is 0 Å². The quantitative estimate of drug-likeness (QED) is 0.936. The third-order valence-corrected chi connectivity index (χ3v) is 3.39. The lowest BCUT2D eigenvalue weighted by atomic mass is 10.1. The molecule has 0 spiro atoms. The standard InChI is InChI=1S/C16H13F3N2O2/c17-16(18,19)10-21-14(8-7-11-4-3-9-23-11)20-13-6-2-1-5-12(13)15(21)22/h1-9,14,20H,10H2/b8-7+. The van der Waals surface area contributed by atoms with Crippen molar-refractivity contribution >= 4 is 17.7 Å². The Labute approximate surface area is 130 Å². The molecule has 2 aromatic rings. The van der Waals surface area contributed by atoms with Gasteiger partial charge in [0.25, 0.3) is 5.91 Å². The van der Waals surface area contributed by atoms with Gasteiger partial charge in [-0.25, -0.2) is 0 Å². The molecule has 1 aliphatic rings. The van der Waals surface area contributed by atoms with Crippen molar-refractivity contribution in [2.45, 2.75) is 12.3 Å². The van der Waals surface area contributed by atoms with Crippen molar-refractivity contribution in [1.82, 2.24) is 4.90 Å². The van der Waals surface area contributed by atoms with E-state index in [0.29, 0.717) is 11.4 Å². The predicted molar refractivity (Wildman–Crippen MR) is 78.7 cm³/mol. The van der Waals surface area contributed by atoms with Crippen LogP contribution in [0.4, 0.5) is 18.9 Å². The van der Waals surface area contributed by atoms with E-state index in [0.717, 1.165) is 4.90 Å². The van der Waals surface area contributed by atoms with Gasteiger partial charge < -0.3 is 14.6 Å². The summed E-state index contributed by atoms with van der Waals surface area (Å²) in [4.78, 5) is 13.1. The fraction of sp³-hybridized carbons (Fsp3) is 0.188. The third-order valence-electron chi connectivity index (χ3n) is 3.39. The lowest BCUT2D eigenvalue weighted by Gasteiger charge is -2.36. The van der Waals surface area contributed by atoms with E-state index in [-0.39, 0.29) is 5.56 Å². The molecule has 0 saturated carbocycles. The molecule has 0 saturated heterocycles. The summed E-state index contributed by atoms with van der Waals surface area (Å²) in [5.74, 6) is -0.171. The molecule has 0 fully saturated rings. The molecule has 4 nitrogen and oxygen atoms in total. The maximum atomic E-state index is 12.8. The number of para-hydroxylation sites is 1. The smallest absolute Gasteiger partial charge is 0.406 e. The van der Waals surface area contributed by atoms with Gasteiger partial charge in [-0.3, -0.25) is 4.79 Å². The number of benzene rings is 1. The number of nitrogens with one attached hydrogen (secondary N) is 1. The summed E-state index contributed by atoms with van der Waals surface area (Å²) in [5, 5.41) is 2.94. The number of hydrogen-bond donors (Lipinski definition) is 1. The van der Waals surface area contributed by atoms with E-state index in [1.807, 2.05) is 0 Å². The number of furan rings is 1. The van der Waals surface area contributed by atoms with E-state index in [2.05, 4.69) is 5.32 Å². The van der Waals surface area contributed by atoms with Gasteiger partial charge in [0, 0.05) is 5.69 Å². The maximum Gasteiger partial charge on any atom is 0.406 e. The number of carbonyl (C=O) groups is 1. The first-order chi connectivity index (χ1) is 10.9. The molecule has 1 N–H and O–H groups in total. The van der Waals surface area contributed by atoms with Crippen LogP contribution in [0.15, 0.2) is 53.2 Å². The molecule has 0 radical (unpaired) electrons. The molecule has 2 heterocycles. The molecule has 120 valence electrons. The van der Waals surface area contributed by atoms with Crippen molar-refractivity contribution in [3.8, 4) is 0 Å². The van der Waals surface area contributed by atoms with Gasteiger partial charge in [0.05, 0.1) is 11.8 Å². The van der Waals surface area contributed by atoms with Crippen LogP contribution in [0.25, 0.3) is 6.08 Å². The normalized spacial score (nSPS) is 18.1. The van der Waals surface area contributed by atoms with E-state index in [1.54, 1.807) is 30.3 Å². The Hall–Kier alpha value is -2.70. The van der Waals surface area contributed by atoms with Gasteiger partial charge in [0.1, 0.15) is 18.5 Å². The monoisotopic (exact) mass is 322 g/mol. The zero-order valence-corrected chi connectivity index (χ0v) is 11.9. The number of fused-ring (bicyclic) bond motifs is 1. The first-order valence-corrected chi connectivity index (χ1v) is 6.89. The van der Waals surface area contributed by atoms with Crippen LogP contribution in [0.5, 0.6) is 0 Å². The maximum absolute atomic E-state index is 12.8. The van der Waals surface area contributed by atoms with Gasteiger partial charge in [-0.15, -0.1) is 0 Å². The molecule has 1 amide bonds. The van der Waals surface area contributed by atoms with Crippen molar-refractivity contribution in [1.29, 1.82) is 0 Å². The molecule has 1 unspecified atom stereocenters. The van der Waals surface area contributed by atoms with E-state index in [4.69, 9.17) is 4.42 Å². The highest BCUT2D eigenvalue weighted by atomic mass is 19.4. The number of rotatable bonds is 3. The fourth-order valence-corrected chi connectivity index (χ4v) is 2.40. The van der Waals surface area contributed by atoms with Crippen LogP contribution in [0, 0.1) is 0 Å². The third kappa shape index (κ3) is 3.39. The molecule has 7 heteroatoms. The number of amides is 1. The Balaban J connectivity index is 1.92. The van der Waals surface area contributed by atoms with E-state index < -0.39 is 24.8 Å². The number of anilines is 1. The summed E-state index contributed by atoms with van der Waals surface area (Å²) in [5.41, 5.74) is 0.726. The summed E-state index contributed by atoms with van der Waals surface area (Å²) < 4.78 is 43.6. The van der Waals surface area contributed by atoms with Crippen LogP contribution in [-0.2, 0) is 0 Å². The number of halogens is 3. The van der Waals surface area contributed by atoms with E-state index in [1.165, 1.54) is 24.5 Å². The number of alkyl halides is 3. The number of hydrogen-bond acceptors (Lipinski definition) is 3. The van der Waals surface area contributed by atoms with Crippen LogP contribution in [0.2, 0.25) is 0 Å². The Morgan fingerprint density at radius 1 is 1.22 bits per heavy atom. The van der Waals surface area contributed by atoms with Gasteiger partial charge in [-0.1, -0.05) is 12.1 Å². The fourth-order valence-electron chi connectivity index (χ4n) is 2.40. The predicted octanol–water partition coefficient (Wildman–Crippen LogP) is 3.75. The van der Waals surface area contributed by atoms with Gasteiger partial charge in [0.2, 0.25) is 0 Å². The lowest BCUT2D eigenvalue weighted by molar-refractivity contribution is -0.142. The summed E-state index contributed by atoms with van der Waals surface area (Å²) >= 11 is 0. The Kier molecular flexibility index (Phi) is 3.85. The van der Waals surface area contributed by atoms with Crippen molar-refractivity contribution < 1.29 is 22.4 Å². The minimum absolute atomic E-state index is 0.222. The Morgan fingerprint density at radius 2 is 2.00 bits per heavy atom. The highest BCUT2D eigenvalue weighted by Gasteiger charge is 2.39. The molecular formula is C16H13F3N2O2. The molecular weight excluding hydrogens is 309 g/mol. The SMILES string of the molecule is O=C1c2ccccc2NC(/C=C/c2ccco2)N1CC(F)(F)F. The zero-order chi connectivity index (χ0) is 16.4. The largest absolute Gasteiger partial charge is 0.465 e. The van der Waals surface area contributed by atoms with E-state index >= 15 is 0 Å².